The topological polar surface area (TPSA) is 195 Å². The van der Waals surface area contributed by atoms with Crippen molar-refractivity contribution >= 4 is 44.9 Å². The van der Waals surface area contributed by atoms with Crippen molar-refractivity contribution in [1.29, 1.82) is 0 Å². The number of ether oxygens (including phenoxy) is 3. The van der Waals surface area contributed by atoms with Crippen molar-refractivity contribution in [2.75, 3.05) is 13.7 Å². The van der Waals surface area contributed by atoms with Gasteiger partial charge in [0.15, 0.2) is 0 Å². The molecular weight excluding hydrogens is 799 g/mol. The minimum absolute atomic E-state index is 0.00759. The van der Waals surface area contributed by atoms with E-state index in [0.717, 1.165) is 4.90 Å². The number of carbonyl (C=O) groups excluding carboxylic acids is 4. The standard InChI is InChI=1S/C37H43F5N6O9S/c1-34(12-13-34)58(53,54)47-32(51)36-16-20(36)8-6-4-3-5-7-9-25(45-33(52)57-23-17-35(38,39)18-23)31(50)48-19-22(15-27(48)29(49)46-36)56-30-28(37(40,41)42)43-24-11-10-21(55-2)14-26(24)44-30/h6,8,10-11,14,20,22-23,25,27H,3-5,7,9,12-13,15-19H2,1-2H3,(H,45,52)(H,46,49)(H,47,51)/b8-6-/t20-,22-,25+,27+,36-/m1/s1. The number of carbonyl (C=O) groups is 4. The largest absolute Gasteiger partial charge is 0.497 e. The number of nitrogens with zero attached hydrogens (tertiary/aromatic N) is 3. The van der Waals surface area contributed by atoms with Crippen LogP contribution in [0.15, 0.2) is 30.4 Å². The molecule has 4 amide bonds. The zero-order valence-electron chi connectivity index (χ0n) is 31.6. The van der Waals surface area contributed by atoms with Gasteiger partial charge < -0.3 is 29.7 Å². The van der Waals surface area contributed by atoms with Gasteiger partial charge in [0.25, 0.3) is 11.8 Å². The molecule has 21 heteroatoms. The lowest BCUT2D eigenvalue weighted by Crippen LogP contribution is -2.58. The third-order valence-corrected chi connectivity index (χ3v) is 13.6. The summed E-state index contributed by atoms with van der Waals surface area (Å²) in [4.78, 5) is 64.2. The van der Waals surface area contributed by atoms with Crippen molar-refractivity contribution < 1.29 is 63.8 Å². The summed E-state index contributed by atoms with van der Waals surface area (Å²) in [6, 6.07) is 1.16. The van der Waals surface area contributed by atoms with E-state index >= 15 is 0 Å². The highest BCUT2D eigenvalue weighted by Gasteiger charge is 2.63. The number of hydrogen-bond donors (Lipinski definition) is 3. The molecule has 316 valence electrons. The molecule has 0 spiro atoms. The monoisotopic (exact) mass is 842 g/mol. The van der Waals surface area contributed by atoms with Gasteiger partial charge in [0.2, 0.25) is 33.4 Å². The zero-order chi connectivity index (χ0) is 41.8. The number of aromatic nitrogens is 2. The van der Waals surface area contributed by atoms with Crippen LogP contribution in [0.1, 0.15) is 83.2 Å². The van der Waals surface area contributed by atoms with E-state index in [-0.39, 0.29) is 29.6 Å². The van der Waals surface area contributed by atoms with Gasteiger partial charge in [0, 0.05) is 31.2 Å². The van der Waals surface area contributed by atoms with Crippen molar-refractivity contribution in [1.82, 2.24) is 30.2 Å². The number of sulfonamides is 1. The first kappa shape index (κ1) is 41.3. The van der Waals surface area contributed by atoms with Crippen LogP contribution < -0.4 is 24.8 Å². The molecule has 2 aliphatic heterocycles. The Morgan fingerprint density at radius 1 is 1.02 bits per heavy atom. The van der Waals surface area contributed by atoms with E-state index in [1.807, 2.05) is 0 Å². The molecule has 0 radical (unpaired) electrons. The number of methoxy groups -OCH3 is 1. The predicted octanol–water partition coefficient (Wildman–Crippen LogP) is 4.29. The smallest absolute Gasteiger partial charge is 0.438 e. The first-order valence-corrected chi connectivity index (χ1v) is 20.5. The summed E-state index contributed by atoms with van der Waals surface area (Å²) in [5.74, 6) is -7.04. The van der Waals surface area contributed by atoms with Crippen LogP contribution in [-0.2, 0) is 35.3 Å². The van der Waals surface area contributed by atoms with Crippen molar-refractivity contribution in [3.63, 3.8) is 0 Å². The number of rotatable bonds is 8. The van der Waals surface area contributed by atoms with Crippen LogP contribution >= 0.6 is 0 Å². The van der Waals surface area contributed by atoms with E-state index in [0.29, 0.717) is 38.5 Å². The fourth-order valence-corrected chi connectivity index (χ4v) is 8.85. The number of hydrogen-bond acceptors (Lipinski definition) is 11. The molecule has 1 aromatic heterocycles. The molecule has 3 aliphatic carbocycles. The molecule has 3 heterocycles. The van der Waals surface area contributed by atoms with Gasteiger partial charge in [-0.1, -0.05) is 25.0 Å². The molecule has 58 heavy (non-hydrogen) atoms. The molecule has 15 nitrogen and oxygen atoms in total. The van der Waals surface area contributed by atoms with Crippen LogP contribution in [0.3, 0.4) is 0 Å². The molecular formula is C37H43F5N6O9S. The van der Waals surface area contributed by atoms with Crippen LogP contribution in [0.5, 0.6) is 11.6 Å². The van der Waals surface area contributed by atoms with Crippen molar-refractivity contribution in [3.05, 3.63) is 36.0 Å². The predicted molar refractivity (Wildman–Crippen MR) is 193 cm³/mol. The highest BCUT2D eigenvalue weighted by atomic mass is 32.2. The molecule has 4 fully saturated rings. The number of amides is 4. The molecule has 1 saturated heterocycles. The van der Waals surface area contributed by atoms with Crippen LogP contribution in [0, 0.1) is 5.92 Å². The maximum Gasteiger partial charge on any atom is 0.438 e. The Morgan fingerprint density at radius 3 is 2.43 bits per heavy atom. The lowest BCUT2D eigenvalue weighted by molar-refractivity contribution is -0.146. The second-order valence-electron chi connectivity index (χ2n) is 15.9. The average molecular weight is 843 g/mol. The second-order valence-corrected chi connectivity index (χ2v) is 18.1. The van der Waals surface area contributed by atoms with Crippen molar-refractivity contribution in [2.24, 2.45) is 5.92 Å². The first-order valence-electron chi connectivity index (χ1n) is 19.0. The quantitative estimate of drug-likeness (QED) is 0.254. The van der Waals surface area contributed by atoms with Gasteiger partial charge in [-0.15, -0.1) is 0 Å². The summed E-state index contributed by atoms with van der Waals surface area (Å²) in [6.45, 7) is 0.994. The van der Waals surface area contributed by atoms with E-state index < -0.39 is 124 Å². The molecule has 0 bridgehead atoms. The SMILES string of the molecule is COc1ccc2nc(C(F)(F)F)c(O[C@@H]3C[C@H]4C(=O)N[C@]5(C(=O)NS(=O)(=O)C6(C)CC6)C[C@H]5/C=C\CCCCC[C@H](NC(=O)OC5CC(F)(F)C5)C(=O)N4C3)nc2c1. The van der Waals surface area contributed by atoms with Crippen LogP contribution in [0.25, 0.3) is 11.0 Å². The normalized spacial score (nSPS) is 29.0. The third kappa shape index (κ3) is 8.49. The molecule has 3 saturated carbocycles. The van der Waals surface area contributed by atoms with E-state index in [1.165, 1.54) is 32.2 Å². The Hall–Kier alpha value is -4.82. The fraction of sp³-hybridized carbons (Fsp3) is 0.622. The highest BCUT2D eigenvalue weighted by molar-refractivity contribution is 7.91. The van der Waals surface area contributed by atoms with Crippen LogP contribution in [0.4, 0.5) is 26.7 Å². The van der Waals surface area contributed by atoms with Crippen molar-refractivity contribution in [3.8, 4) is 11.6 Å². The Balaban J connectivity index is 1.20. The Bertz CT molecular complexity index is 2130. The maximum absolute atomic E-state index is 14.4. The summed E-state index contributed by atoms with van der Waals surface area (Å²) >= 11 is 0. The molecule has 3 N–H and O–H groups in total. The third-order valence-electron chi connectivity index (χ3n) is 11.5. The van der Waals surface area contributed by atoms with Gasteiger partial charge in [0.05, 0.1) is 29.4 Å². The summed E-state index contributed by atoms with van der Waals surface area (Å²) in [6.07, 6.45) is -4.08. The zero-order valence-corrected chi connectivity index (χ0v) is 32.4. The van der Waals surface area contributed by atoms with E-state index in [4.69, 9.17) is 14.2 Å². The number of alkyl carbamates (subject to hydrolysis) is 1. The highest BCUT2D eigenvalue weighted by Crippen LogP contribution is 2.48. The number of fused-ring (bicyclic) bond motifs is 3. The number of halogens is 5. The minimum Gasteiger partial charge on any atom is -0.497 e. The minimum atomic E-state index is -5.04. The summed E-state index contributed by atoms with van der Waals surface area (Å²) in [5, 5.41) is 5.09. The fourth-order valence-electron chi connectivity index (χ4n) is 7.53. The first-order chi connectivity index (χ1) is 27.2. The molecule has 5 aliphatic rings. The lowest BCUT2D eigenvalue weighted by Gasteiger charge is -2.34. The van der Waals surface area contributed by atoms with Gasteiger partial charge in [-0.2, -0.15) is 13.2 Å². The number of allylic oxidation sites excluding steroid dienone is 1. The van der Waals surface area contributed by atoms with Crippen LogP contribution in [-0.4, -0.2) is 101 Å². The Morgan fingerprint density at radius 2 is 1.76 bits per heavy atom. The molecule has 1 aromatic carbocycles. The second kappa shape index (κ2) is 15.1. The molecule has 7 rings (SSSR count). The summed E-state index contributed by atoms with van der Waals surface area (Å²) in [7, 11) is -2.78. The molecule has 0 unspecified atom stereocenters. The lowest BCUT2D eigenvalue weighted by atomic mass is 9.91. The van der Waals surface area contributed by atoms with Gasteiger partial charge in [0.1, 0.15) is 35.6 Å². The maximum atomic E-state index is 14.4. The molecule has 5 atom stereocenters. The number of nitrogens with one attached hydrogen (secondary N) is 3. The van der Waals surface area contributed by atoms with Gasteiger partial charge >= 0.3 is 12.3 Å². The van der Waals surface area contributed by atoms with Crippen molar-refractivity contribution in [2.45, 2.75) is 124 Å². The van der Waals surface area contributed by atoms with Gasteiger partial charge in [-0.25, -0.2) is 32.0 Å². The Kier molecular flexibility index (Phi) is 10.8. The van der Waals surface area contributed by atoms with Gasteiger partial charge in [-0.3, -0.25) is 19.1 Å². The van der Waals surface area contributed by atoms with E-state index in [1.54, 1.807) is 12.2 Å². The summed E-state index contributed by atoms with van der Waals surface area (Å²) in [5.41, 5.74) is -3.33. The summed E-state index contributed by atoms with van der Waals surface area (Å²) < 4.78 is 113. The molecule has 2 aromatic rings. The van der Waals surface area contributed by atoms with E-state index in [2.05, 4.69) is 25.3 Å². The average Bonchev–Trinajstić information content (AvgIpc) is 4.01. The van der Waals surface area contributed by atoms with Crippen LogP contribution in [0.2, 0.25) is 0 Å². The number of benzene rings is 1. The van der Waals surface area contributed by atoms with E-state index in [9.17, 15) is 49.5 Å². The van der Waals surface area contributed by atoms with Gasteiger partial charge in [-0.05, 0) is 57.6 Å². The number of alkyl halides is 5. The Labute approximate surface area is 329 Å².